The first-order valence-corrected chi connectivity index (χ1v) is 17.6. The van der Waals surface area contributed by atoms with Crippen LogP contribution in [0.3, 0.4) is 0 Å². The van der Waals surface area contributed by atoms with E-state index in [1.165, 1.54) is 154 Å². The summed E-state index contributed by atoms with van der Waals surface area (Å²) in [6.45, 7) is 10.2. The van der Waals surface area contributed by atoms with Gasteiger partial charge >= 0.3 is 5.91 Å². The predicted octanol–water partition coefficient (Wildman–Crippen LogP) is 8.80. The zero-order chi connectivity index (χ0) is 29.7. The third-order valence-corrected chi connectivity index (χ3v) is 7.87. The molecule has 0 aromatic rings. The molecule has 41 heavy (non-hydrogen) atoms. The number of nitrogens with zero attached hydrogens (tertiary/aromatic N) is 1. The van der Waals surface area contributed by atoms with Crippen LogP contribution in [0.15, 0.2) is 0 Å². The number of unbranched alkanes of at least 4 members (excludes halogenated alkanes) is 22. The maximum atomic E-state index is 11.8. The number of quaternary nitrogens is 1. The number of nitrogens with two attached hydrogens (primary N) is 1. The molecule has 0 aromatic heterocycles. The first-order chi connectivity index (χ1) is 18.5. The van der Waals surface area contributed by atoms with Crippen LogP contribution in [-0.2, 0) is 4.79 Å². The van der Waals surface area contributed by atoms with Gasteiger partial charge in [0.25, 0.3) is 0 Å². The van der Waals surface area contributed by atoms with Crippen LogP contribution in [-0.4, -0.2) is 38.1 Å². The molecular weight excluding hydrogens is 547 g/mol. The molecule has 3 nitrogen and oxygen atoms in total. The van der Waals surface area contributed by atoms with Gasteiger partial charge in [-0.25, -0.2) is 4.79 Å². The van der Waals surface area contributed by atoms with E-state index in [-0.39, 0.29) is 24.8 Å². The van der Waals surface area contributed by atoms with Crippen molar-refractivity contribution in [2.45, 2.75) is 195 Å². The van der Waals surface area contributed by atoms with Gasteiger partial charge in [0, 0.05) is 0 Å². The molecule has 0 spiro atoms. The molecule has 0 aliphatic heterocycles. The molecule has 0 atom stereocenters. The molecule has 0 fully saturated rings. The van der Waals surface area contributed by atoms with Crippen molar-refractivity contribution in [1.29, 1.82) is 0 Å². The standard InChI is InChI=1S/C21H44NO.C15H33N.2ClH/c1-5-6-7-8-9-10-11-12-13-14-15-16-17-18-19-20-21(23)22(2,3)4;1-15(2,3)13-11-9-7-5-4-6-8-10-12-14-16;;/h5-20H2,1-4H3;4-14,16H2,1-3H3;2*1H/q+1;;;/p-1. The van der Waals surface area contributed by atoms with Crippen molar-refractivity contribution in [3.63, 3.8) is 0 Å². The summed E-state index contributed by atoms with van der Waals surface area (Å²) in [5.41, 5.74) is 5.99. The molecule has 0 aromatic carbocycles. The van der Waals surface area contributed by atoms with Gasteiger partial charge in [0.05, 0.1) is 27.6 Å². The van der Waals surface area contributed by atoms with Crippen LogP contribution in [0.5, 0.6) is 0 Å². The Morgan fingerprint density at radius 1 is 0.537 bits per heavy atom. The average Bonchev–Trinajstić information content (AvgIpc) is 2.86. The number of rotatable bonds is 26. The average molecular weight is 626 g/mol. The highest BCUT2D eigenvalue weighted by Crippen LogP contribution is 2.22. The number of hydrogen-bond acceptors (Lipinski definition) is 2. The summed E-state index contributed by atoms with van der Waals surface area (Å²) in [5, 5.41) is 0. The van der Waals surface area contributed by atoms with E-state index < -0.39 is 0 Å². The van der Waals surface area contributed by atoms with E-state index in [1.54, 1.807) is 0 Å². The van der Waals surface area contributed by atoms with Crippen LogP contribution >= 0.6 is 12.4 Å². The largest absolute Gasteiger partial charge is 1.00 e. The van der Waals surface area contributed by atoms with Crippen LogP contribution in [0.4, 0.5) is 0 Å². The summed E-state index contributed by atoms with van der Waals surface area (Å²) in [6.07, 6.45) is 35.3. The van der Waals surface area contributed by atoms with Crippen molar-refractivity contribution < 1.29 is 21.7 Å². The van der Waals surface area contributed by atoms with Gasteiger partial charge in [-0.15, -0.1) is 12.4 Å². The Hall–Kier alpha value is 0.170. The second-order valence-corrected chi connectivity index (χ2v) is 14.4. The summed E-state index contributed by atoms with van der Waals surface area (Å²) in [6, 6.07) is 0. The second-order valence-electron chi connectivity index (χ2n) is 14.4. The lowest BCUT2D eigenvalue weighted by Crippen LogP contribution is -3.00. The zero-order valence-corrected chi connectivity index (χ0v) is 30.9. The summed E-state index contributed by atoms with van der Waals surface area (Å²) in [5.74, 6) is 0.361. The fraction of sp³-hybridized carbons (Fsp3) is 0.972. The summed E-state index contributed by atoms with van der Waals surface area (Å²) in [7, 11) is 5.90. The van der Waals surface area contributed by atoms with Gasteiger partial charge in [-0.05, 0) is 31.2 Å². The predicted molar refractivity (Wildman–Crippen MR) is 185 cm³/mol. The Morgan fingerprint density at radius 2 is 0.829 bits per heavy atom. The molecule has 5 heteroatoms. The SMILES string of the molecule is CC(C)(C)CCCCCCCCCCCN.CCCCCCCCCCCCCCCCCC(=O)[N+](C)(C)C.Cl.[Cl-]. The van der Waals surface area contributed by atoms with Gasteiger partial charge in [0.15, 0.2) is 0 Å². The highest BCUT2D eigenvalue weighted by molar-refractivity contribution is 5.85. The number of amides is 1. The molecule has 1 amide bonds. The van der Waals surface area contributed by atoms with Gasteiger partial charge in [0.2, 0.25) is 0 Å². The maximum Gasteiger partial charge on any atom is 0.313 e. The monoisotopic (exact) mass is 625 g/mol. The lowest BCUT2D eigenvalue weighted by atomic mass is 9.89. The van der Waals surface area contributed by atoms with E-state index in [0.29, 0.717) is 15.8 Å². The van der Waals surface area contributed by atoms with Crippen LogP contribution in [0, 0.1) is 5.41 Å². The smallest absolute Gasteiger partial charge is 0.313 e. The number of carbonyl (C=O) groups is 1. The van der Waals surface area contributed by atoms with Gasteiger partial charge in [0.1, 0.15) is 0 Å². The van der Waals surface area contributed by atoms with E-state index in [4.69, 9.17) is 5.73 Å². The van der Waals surface area contributed by atoms with E-state index >= 15 is 0 Å². The van der Waals surface area contributed by atoms with Gasteiger partial charge in [-0.2, -0.15) is 0 Å². The van der Waals surface area contributed by atoms with Crippen LogP contribution in [0.1, 0.15) is 195 Å². The molecule has 2 N–H and O–H groups in total. The number of halogens is 2. The quantitative estimate of drug-likeness (QED) is 0.0771. The summed E-state index contributed by atoms with van der Waals surface area (Å²) in [4.78, 5) is 11.8. The molecule has 252 valence electrons. The van der Waals surface area contributed by atoms with Crippen LogP contribution in [0.2, 0.25) is 0 Å². The fourth-order valence-electron chi connectivity index (χ4n) is 5.02. The minimum atomic E-state index is 0. The van der Waals surface area contributed by atoms with Crippen LogP contribution < -0.4 is 18.1 Å². The molecule has 0 unspecified atom stereocenters. The first-order valence-electron chi connectivity index (χ1n) is 17.6. The van der Waals surface area contributed by atoms with Crippen molar-refractivity contribution in [1.82, 2.24) is 0 Å². The molecule has 0 saturated carbocycles. The lowest BCUT2D eigenvalue weighted by molar-refractivity contribution is -0.792. The molecule has 0 bridgehead atoms. The van der Waals surface area contributed by atoms with E-state index in [9.17, 15) is 4.79 Å². The molecule has 0 radical (unpaired) electrons. The first kappa shape index (κ1) is 48.1. The van der Waals surface area contributed by atoms with Crippen molar-refractivity contribution in [2.24, 2.45) is 11.1 Å². The Bertz CT molecular complexity index is 501. The lowest BCUT2D eigenvalue weighted by Gasteiger charge is -2.20. The van der Waals surface area contributed by atoms with Crippen molar-refractivity contribution in [3.8, 4) is 0 Å². The zero-order valence-electron chi connectivity index (χ0n) is 29.3. The molecule has 0 heterocycles. The van der Waals surface area contributed by atoms with Crippen molar-refractivity contribution >= 4 is 18.3 Å². The Morgan fingerprint density at radius 3 is 1.12 bits per heavy atom. The highest BCUT2D eigenvalue weighted by Gasteiger charge is 2.18. The van der Waals surface area contributed by atoms with Gasteiger partial charge < -0.3 is 18.1 Å². The molecule has 0 saturated heterocycles. The van der Waals surface area contributed by atoms with Crippen molar-refractivity contribution in [3.05, 3.63) is 0 Å². The number of carbonyl (C=O) groups excluding carboxylic acids is 1. The minimum Gasteiger partial charge on any atom is -1.00 e. The molecule has 0 aliphatic carbocycles. The third kappa shape index (κ3) is 44.7. The second kappa shape index (κ2) is 34.7. The van der Waals surface area contributed by atoms with E-state index in [1.807, 2.05) is 21.1 Å². The molecular formula is C36H78Cl2N2O. The highest BCUT2D eigenvalue weighted by atomic mass is 35.5. The summed E-state index contributed by atoms with van der Waals surface area (Å²) >= 11 is 0. The Labute approximate surface area is 272 Å². The van der Waals surface area contributed by atoms with Crippen LogP contribution in [0.25, 0.3) is 0 Å². The Balaban J connectivity index is -0.000000337. The van der Waals surface area contributed by atoms with Gasteiger partial charge in [-0.1, -0.05) is 169 Å². The third-order valence-electron chi connectivity index (χ3n) is 7.87. The Kier molecular flexibility index (Phi) is 40.6. The minimum absolute atomic E-state index is 0. The fourth-order valence-corrected chi connectivity index (χ4v) is 5.02. The molecule has 0 aliphatic rings. The topological polar surface area (TPSA) is 43.1 Å². The van der Waals surface area contributed by atoms with E-state index in [0.717, 1.165) is 19.4 Å². The van der Waals surface area contributed by atoms with Gasteiger partial charge in [-0.3, -0.25) is 4.48 Å². The number of hydrogen-bond donors (Lipinski definition) is 1. The van der Waals surface area contributed by atoms with E-state index in [2.05, 4.69) is 27.7 Å². The maximum absolute atomic E-state index is 11.8. The molecule has 0 rings (SSSR count). The normalized spacial score (nSPS) is 11.3. The summed E-state index contributed by atoms with van der Waals surface area (Å²) < 4.78 is 0.471. The van der Waals surface area contributed by atoms with Crippen molar-refractivity contribution in [2.75, 3.05) is 27.7 Å².